The molecule has 13 heavy (non-hydrogen) atoms. The number of rotatable bonds is 7. The Morgan fingerprint density at radius 2 is 1.62 bits per heavy atom. The third-order valence-electron chi connectivity index (χ3n) is 2.13. The first-order valence-electron chi connectivity index (χ1n) is 5.00. The Labute approximate surface area is 81.6 Å². The van der Waals surface area contributed by atoms with Crippen LogP contribution in [0.15, 0.2) is 0 Å². The van der Waals surface area contributed by atoms with Crippen LogP contribution in [0.3, 0.4) is 0 Å². The van der Waals surface area contributed by atoms with Crippen LogP contribution < -0.4 is 5.73 Å². The fourth-order valence-corrected chi connectivity index (χ4v) is 3.33. The zero-order chi connectivity index (χ0) is 10.3. The molecule has 0 bridgehead atoms. The molecule has 0 heterocycles. The van der Waals surface area contributed by atoms with Gasteiger partial charge in [0.15, 0.2) is 9.84 Å². The summed E-state index contributed by atoms with van der Waals surface area (Å²) in [6.07, 6.45) is 3.40. The predicted molar refractivity (Wildman–Crippen MR) is 56.4 cm³/mol. The highest BCUT2D eigenvalue weighted by Crippen LogP contribution is 2.15. The van der Waals surface area contributed by atoms with Gasteiger partial charge < -0.3 is 5.73 Å². The molecule has 0 fully saturated rings. The Morgan fingerprint density at radius 1 is 1.15 bits per heavy atom. The van der Waals surface area contributed by atoms with Gasteiger partial charge in [0.05, 0.1) is 11.0 Å². The average molecular weight is 207 g/mol. The maximum atomic E-state index is 11.6. The first-order valence-corrected chi connectivity index (χ1v) is 6.71. The van der Waals surface area contributed by atoms with E-state index in [0.717, 1.165) is 25.7 Å². The first-order chi connectivity index (χ1) is 6.08. The van der Waals surface area contributed by atoms with Crippen molar-refractivity contribution < 1.29 is 8.42 Å². The van der Waals surface area contributed by atoms with E-state index >= 15 is 0 Å². The Balaban J connectivity index is 4.33. The van der Waals surface area contributed by atoms with Crippen molar-refractivity contribution in [3.05, 3.63) is 0 Å². The highest BCUT2D eigenvalue weighted by Gasteiger charge is 2.22. The largest absolute Gasteiger partial charge is 0.329 e. The lowest BCUT2D eigenvalue weighted by Crippen LogP contribution is -2.27. The zero-order valence-corrected chi connectivity index (χ0v) is 9.44. The van der Waals surface area contributed by atoms with Crippen LogP contribution in [0, 0.1) is 0 Å². The topological polar surface area (TPSA) is 60.2 Å². The van der Waals surface area contributed by atoms with Crippen molar-refractivity contribution in [3.8, 4) is 0 Å². The Bertz CT molecular complexity index is 206. The van der Waals surface area contributed by atoms with E-state index < -0.39 is 9.84 Å². The standard InChI is InChI=1S/C9H21NO2S/c1-3-5-9(6-4-2)13(11,12)8-7-10/h9H,3-8,10H2,1-2H3. The zero-order valence-electron chi connectivity index (χ0n) is 8.62. The molecule has 0 aliphatic rings. The Morgan fingerprint density at radius 3 is 1.92 bits per heavy atom. The van der Waals surface area contributed by atoms with Gasteiger partial charge in [0.2, 0.25) is 0 Å². The summed E-state index contributed by atoms with van der Waals surface area (Å²) >= 11 is 0. The maximum absolute atomic E-state index is 11.6. The molecule has 0 saturated heterocycles. The van der Waals surface area contributed by atoms with Crippen LogP contribution in [0.25, 0.3) is 0 Å². The van der Waals surface area contributed by atoms with Crippen molar-refractivity contribution in [1.82, 2.24) is 0 Å². The summed E-state index contributed by atoms with van der Waals surface area (Å²) < 4.78 is 23.3. The Hall–Kier alpha value is -0.0900. The molecule has 2 N–H and O–H groups in total. The van der Waals surface area contributed by atoms with Crippen molar-refractivity contribution in [2.75, 3.05) is 12.3 Å². The van der Waals surface area contributed by atoms with E-state index in [2.05, 4.69) is 0 Å². The van der Waals surface area contributed by atoms with Gasteiger partial charge in [-0.3, -0.25) is 0 Å². The molecule has 0 aromatic heterocycles. The summed E-state index contributed by atoms with van der Waals surface area (Å²) in [6, 6.07) is 0. The van der Waals surface area contributed by atoms with Gasteiger partial charge in [-0.15, -0.1) is 0 Å². The molecule has 0 rings (SSSR count). The van der Waals surface area contributed by atoms with E-state index in [4.69, 9.17) is 5.73 Å². The highest BCUT2D eigenvalue weighted by atomic mass is 32.2. The van der Waals surface area contributed by atoms with Crippen LogP contribution in [0.2, 0.25) is 0 Å². The van der Waals surface area contributed by atoms with Gasteiger partial charge in [-0.1, -0.05) is 26.7 Å². The van der Waals surface area contributed by atoms with E-state index in [1.165, 1.54) is 0 Å². The third-order valence-corrected chi connectivity index (χ3v) is 4.42. The molecule has 0 atom stereocenters. The second-order valence-corrected chi connectivity index (χ2v) is 5.76. The monoisotopic (exact) mass is 207 g/mol. The lowest BCUT2D eigenvalue weighted by atomic mass is 10.2. The van der Waals surface area contributed by atoms with Crippen LogP contribution in [-0.4, -0.2) is 26.0 Å². The van der Waals surface area contributed by atoms with Gasteiger partial charge in [0, 0.05) is 6.54 Å². The van der Waals surface area contributed by atoms with Crippen LogP contribution in [0.1, 0.15) is 39.5 Å². The number of hydrogen-bond acceptors (Lipinski definition) is 3. The molecule has 4 heteroatoms. The minimum absolute atomic E-state index is 0.137. The molecule has 3 nitrogen and oxygen atoms in total. The average Bonchev–Trinajstić information content (AvgIpc) is 2.04. The van der Waals surface area contributed by atoms with Crippen LogP contribution in [0.5, 0.6) is 0 Å². The van der Waals surface area contributed by atoms with Crippen LogP contribution >= 0.6 is 0 Å². The molecule has 0 aromatic carbocycles. The van der Waals surface area contributed by atoms with E-state index in [-0.39, 0.29) is 17.5 Å². The number of sulfone groups is 1. The maximum Gasteiger partial charge on any atom is 0.154 e. The lowest BCUT2D eigenvalue weighted by molar-refractivity contribution is 0.554. The van der Waals surface area contributed by atoms with E-state index in [9.17, 15) is 8.42 Å². The van der Waals surface area contributed by atoms with E-state index in [1.807, 2.05) is 13.8 Å². The second kappa shape index (κ2) is 6.38. The van der Waals surface area contributed by atoms with Crippen molar-refractivity contribution >= 4 is 9.84 Å². The molecule has 0 radical (unpaired) electrons. The number of nitrogens with two attached hydrogens (primary N) is 1. The van der Waals surface area contributed by atoms with Crippen molar-refractivity contribution in [3.63, 3.8) is 0 Å². The molecule has 0 spiro atoms. The van der Waals surface area contributed by atoms with Crippen molar-refractivity contribution in [1.29, 1.82) is 0 Å². The summed E-state index contributed by atoms with van der Waals surface area (Å²) in [6.45, 7) is 4.27. The minimum Gasteiger partial charge on any atom is -0.329 e. The van der Waals surface area contributed by atoms with Crippen molar-refractivity contribution in [2.24, 2.45) is 5.73 Å². The van der Waals surface area contributed by atoms with Crippen molar-refractivity contribution in [2.45, 2.75) is 44.8 Å². The predicted octanol–water partition coefficient (Wildman–Crippen LogP) is 1.33. The van der Waals surface area contributed by atoms with E-state index in [0.29, 0.717) is 0 Å². The third kappa shape index (κ3) is 4.62. The summed E-state index contributed by atoms with van der Waals surface area (Å²) in [5.74, 6) is 0.137. The van der Waals surface area contributed by atoms with Gasteiger partial charge in [-0.2, -0.15) is 0 Å². The highest BCUT2D eigenvalue weighted by molar-refractivity contribution is 7.92. The fraction of sp³-hybridized carbons (Fsp3) is 1.00. The van der Waals surface area contributed by atoms with Gasteiger partial charge in [-0.25, -0.2) is 8.42 Å². The second-order valence-electron chi connectivity index (χ2n) is 3.36. The molecule has 0 saturated carbocycles. The molecule has 0 unspecified atom stereocenters. The quantitative estimate of drug-likeness (QED) is 0.685. The fourth-order valence-electron chi connectivity index (χ4n) is 1.48. The van der Waals surface area contributed by atoms with Gasteiger partial charge in [0.1, 0.15) is 0 Å². The van der Waals surface area contributed by atoms with E-state index in [1.54, 1.807) is 0 Å². The molecular formula is C9H21NO2S. The van der Waals surface area contributed by atoms with Crippen LogP contribution in [-0.2, 0) is 9.84 Å². The van der Waals surface area contributed by atoms with Gasteiger partial charge >= 0.3 is 0 Å². The summed E-state index contributed by atoms with van der Waals surface area (Å²) in [5.41, 5.74) is 5.27. The minimum atomic E-state index is -2.92. The molecular weight excluding hydrogens is 186 g/mol. The molecule has 0 aromatic rings. The van der Waals surface area contributed by atoms with Gasteiger partial charge in [0.25, 0.3) is 0 Å². The number of hydrogen-bond donors (Lipinski definition) is 1. The first kappa shape index (κ1) is 12.9. The smallest absolute Gasteiger partial charge is 0.154 e. The summed E-state index contributed by atoms with van der Waals surface area (Å²) in [4.78, 5) is 0. The molecule has 80 valence electrons. The van der Waals surface area contributed by atoms with Crippen LogP contribution in [0.4, 0.5) is 0 Å². The normalized spacial score (nSPS) is 12.3. The van der Waals surface area contributed by atoms with Gasteiger partial charge in [-0.05, 0) is 12.8 Å². The Kier molecular flexibility index (Phi) is 6.33. The molecule has 0 aliphatic heterocycles. The lowest BCUT2D eigenvalue weighted by Gasteiger charge is -2.15. The molecule has 0 amide bonds. The SMILES string of the molecule is CCCC(CCC)S(=O)(=O)CCN. The summed E-state index contributed by atoms with van der Waals surface area (Å²) in [5, 5.41) is -0.161. The summed E-state index contributed by atoms with van der Waals surface area (Å²) in [7, 11) is -2.92. The molecule has 0 aliphatic carbocycles.